The number of anilines is 3. The summed E-state index contributed by atoms with van der Waals surface area (Å²) < 4.78 is 44.5. The van der Waals surface area contributed by atoms with Crippen LogP contribution in [0.2, 0.25) is 0 Å². The number of carbonyl (C=O) groups is 1. The van der Waals surface area contributed by atoms with E-state index in [1.807, 2.05) is 0 Å². The molecule has 0 amide bonds. The second kappa shape index (κ2) is 5.74. The van der Waals surface area contributed by atoms with E-state index in [4.69, 9.17) is 5.73 Å². The van der Waals surface area contributed by atoms with Gasteiger partial charge in [0, 0.05) is 12.1 Å². The zero-order valence-corrected chi connectivity index (χ0v) is 10.9. The van der Waals surface area contributed by atoms with Gasteiger partial charge >= 0.3 is 5.97 Å². The summed E-state index contributed by atoms with van der Waals surface area (Å²) >= 11 is 0. The maximum atomic E-state index is 13.6. The maximum absolute atomic E-state index is 13.6. The van der Waals surface area contributed by atoms with Crippen LogP contribution >= 0.6 is 0 Å². The molecule has 2 rings (SSSR count). The highest BCUT2D eigenvalue weighted by Gasteiger charge is 2.14. The Morgan fingerprint density at radius 3 is 2.33 bits per heavy atom. The van der Waals surface area contributed by atoms with Gasteiger partial charge in [0.2, 0.25) is 0 Å². The lowest BCUT2D eigenvalue weighted by molar-refractivity contribution is 0.0601. The molecule has 3 N–H and O–H groups in total. The molecule has 0 unspecified atom stereocenters. The summed E-state index contributed by atoms with van der Waals surface area (Å²) in [7, 11) is 1.20. The second-order valence-corrected chi connectivity index (χ2v) is 4.16. The number of nitrogen functional groups attached to an aromatic ring is 1. The molecule has 0 aliphatic rings. The molecule has 0 saturated heterocycles. The van der Waals surface area contributed by atoms with Crippen molar-refractivity contribution in [2.45, 2.75) is 0 Å². The smallest absolute Gasteiger partial charge is 0.337 e. The third kappa shape index (κ3) is 3.07. The number of hydrogen-bond donors (Lipinski definition) is 2. The summed E-state index contributed by atoms with van der Waals surface area (Å²) in [6.07, 6.45) is 0. The van der Waals surface area contributed by atoms with Gasteiger partial charge in [0.1, 0.15) is 11.5 Å². The van der Waals surface area contributed by atoms with Crippen LogP contribution in [-0.4, -0.2) is 13.1 Å². The first kappa shape index (κ1) is 14.7. The lowest BCUT2D eigenvalue weighted by atomic mass is 10.1. The minimum Gasteiger partial charge on any atom is -0.465 e. The van der Waals surface area contributed by atoms with Gasteiger partial charge < -0.3 is 15.8 Å². The second-order valence-electron chi connectivity index (χ2n) is 4.16. The monoisotopic (exact) mass is 296 g/mol. The third-order valence-corrected chi connectivity index (χ3v) is 2.74. The van der Waals surface area contributed by atoms with E-state index in [9.17, 15) is 18.0 Å². The number of nitrogens with two attached hydrogens (primary N) is 1. The summed E-state index contributed by atoms with van der Waals surface area (Å²) in [5, 5.41) is 2.41. The van der Waals surface area contributed by atoms with Crippen LogP contribution in [0.4, 0.5) is 30.2 Å². The first-order valence-corrected chi connectivity index (χ1v) is 5.81. The number of hydrogen-bond acceptors (Lipinski definition) is 4. The van der Waals surface area contributed by atoms with Gasteiger partial charge in [-0.25, -0.2) is 18.0 Å². The van der Waals surface area contributed by atoms with Gasteiger partial charge in [0.15, 0.2) is 11.6 Å². The van der Waals surface area contributed by atoms with E-state index in [0.717, 1.165) is 0 Å². The van der Waals surface area contributed by atoms with Gasteiger partial charge in [-0.1, -0.05) is 0 Å². The van der Waals surface area contributed by atoms with E-state index in [0.29, 0.717) is 12.1 Å². The van der Waals surface area contributed by atoms with Crippen molar-refractivity contribution in [3.8, 4) is 0 Å². The number of esters is 1. The van der Waals surface area contributed by atoms with Crippen LogP contribution < -0.4 is 11.1 Å². The fourth-order valence-corrected chi connectivity index (χ4v) is 1.71. The number of halogens is 3. The largest absolute Gasteiger partial charge is 0.465 e. The average Bonchev–Trinajstić information content (AvgIpc) is 2.43. The normalized spacial score (nSPS) is 10.3. The molecule has 2 aromatic rings. The first-order valence-electron chi connectivity index (χ1n) is 5.81. The lowest BCUT2D eigenvalue weighted by Crippen LogP contribution is -2.05. The molecule has 0 aliphatic carbocycles. The van der Waals surface area contributed by atoms with Crippen molar-refractivity contribution >= 4 is 23.0 Å². The van der Waals surface area contributed by atoms with Gasteiger partial charge in [0.05, 0.1) is 24.0 Å². The van der Waals surface area contributed by atoms with E-state index < -0.39 is 29.1 Å². The lowest BCUT2D eigenvalue weighted by Gasteiger charge is -2.12. The fraction of sp³-hybridized carbons (Fsp3) is 0.0714. The van der Waals surface area contributed by atoms with Crippen LogP contribution in [-0.2, 0) is 4.74 Å². The number of rotatable bonds is 3. The zero-order valence-electron chi connectivity index (χ0n) is 10.9. The van der Waals surface area contributed by atoms with Crippen LogP contribution in [0.5, 0.6) is 0 Å². The number of nitrogens with one attached hydrogen (secondary N) is 1. The van der Waals surface area contributed by atoms with Crippen LogP contribution in [0, 0.1) is 17.5 Å². The quantitative estimate of drug-likeness (QED) is 0.674. The summed E-state index contributed by atoms with van der Waals surface area (Å²) in [6, 6.07) is 5.14. The molecule has 0 heterocycles. The van der Waals surface area contributed by atoms with Gasteiger partial charge in [-0.2, -0.15) is 0 Å². The minimum atomic E-state index is -1.12. The minimum absolute atomic E-state index is 0.0994. The van der Waals surface area contributed by atoms with Crippen molar-refractivity contribution in [3.05, 3.63) is 53.3 Å². The van der Waals surface area contributed by atoms with Gasteiger partial charge in [-0.05, 0) is 18.2 Å². The van der Waals surface area contributed by atoms with E-state index >= 15 is 0 Å². The van der Waals surface area contributed by atoms with Crippen LogP contribution in [0.15, 0.2) is 30.3 Å². The molecular weight excluding hydrogens is 285 g/mol. The molecule has 0 saturated carbocycles. The molecule has 0 aliphatic heterocycles. The Balaban J connectivity index is 2.42. The Hall–Kier alpha value is -2.70. The summed E-state index contributed by atoms with van der Waals surface area (Å²) in [5.74, 6) is -3.89. The van der Waals surface area contributed by atoms with E-state index in [1.165, 1.54) is 25.3 Å². The zero-order chi connectivity index (χ0) is 15.6. The molecule has 110 valence electrons. The third-order valence-electron chi connectivity index (χ3n) is 2.74. The topological polar surface area (TPSA) is 64.3 Å². The predicted molar refractivity (Wildman–Crippen MR) is 71.8 cm³/mol. The van der Waals surface area contributed by atoms with Crippen molar-refractivity contribution in [3.63, 3.8) is 0 Å². The van der Waals surface area contributed by atoms with Gasteiger partial charge in [-0.15, -0.1) is 0 Å². The molecule has 0 bridgehead atoms. The molecule has 0 aromatic heterocycles. The summed E-state index contributed by atoms with van der Waals surface area (Å²) in [6.45, 7) is 0. The highest BCUT2D eigenvalue weighted by Crippen LogP contribution is 2.28. The van der Waals surface area contributed by atoms with Crippen molar-refractivity contribution < 1.29 is 22.7 Å². The maximum Gasteiger partial charge on any atom is 0.337 e. The molecular formula is C14H11F3N2O2. The number of carbonyl (C=O) groups excluding carboxylic acids is 1. The Morgan fingerprint density at radius 2 is 1.76 bits per heavy atom. The van der Waals surface area contributed by atoms with Crippen molar-refractivity contribution in [1.82, 2.24) is 0 Å². The molecule has 7 heteroatoms. The van der Waals surface area contributed by atoms with E-state index in [1.54, 1.807) is 0 Å². The fourth-order valence-electron chi connectivity index (χ4n) is 1.71. The van der Waals surface area contributed by atoms with Crippen LogP contribution in [0.25, 0.3) is 0 Å². The van der Waals surface area contributed by atoms with Crippen LogP contribution in [0.1, 0.15) is 10.4 Å². The predicted octanol–water partition coefficient (Wildman–Crippen LogP) is 3.22. The highest BCUT2D eigenvalue weighted by molar-refractivity contribution is 5.92. The summed E-state index contributed by atoms with van der Waals surface area (Å²) in [4.78, 5) is 11.4. The summed E-state index contributed by atoms with van der Waals surface area (Å²) in [5.41, 5.74) is 5.52. The van der Waals surface area contributed by atoms with Crippen molar-refractivity contribution in [2.24, 2.45) is 0 Å². The van der Waals surface area contributed by atoms with Gasteiger partial charge in [0.25, 0.3) is 0 Å². The number of benzene rings is 2. The molecule has 0 radical (unpaired) electrons. The SMILES string of the molecule is COC(=O)c1ccc(N)c(Nc2c(F)cc(F)cc2F)c1. The Labute approximate surface area is 118 Å². The molecule has 0 atom stereocenters. The molecule has 21 heavy (non-hydrogen) atoms. The van der Waals surface area contributed by atoms with E-state index in [2.05, 4.69) is 10.1 Å². The van der Waals surface area contributed by atoms with Crippen LogP contribution in [0.3, 0.4) is 0 Å². The first-order chi connectivity index (χ1) is 9.92. The standard InChI is InChI=1S/C14H11F3N2O2/c1-21-14(20)7-2-3-11(18)12(4-7)19-13-9(16)5-8(15)6-10(13)17/h2-6,19H,18H2,1H3. The molecule has 0 spiro atoms. The molecule has 2 aromatic carbocycles. The Kier molecular flexibility index (Phi) is 4.02. The Bertz CT molecular complexity index is 682. The number of methoxy groups -OCH3 is 1. The van der Waals surface area contributed by atoms with Crippen molar-refractivity contribution in [1.29, 1.82) is 0 Å². The molecule has 0 fully saturated rings. The number of ether oxygens (including phenoxy) is 1. The Morgan fingerprint density at radius 1 is 1.14 bits per heavy atom. The van der Waals surface area contributed by atoms with E-state index in [-0.39, 0.29) is 16.9 Å². The van der Waals surface area contributed by atoms with Gasteiger partial charge in [-0.3, -0.25) is 0 Å². The average molecular weight is 296 g/mol. The molecule has 4 nitrogen and oxygen atoms in total. The van der Waals surface area contributed by atoms with Crippen molar-refractivity contribution in [2.75, 3.05) is 18.2 Å². The highest BCUT2D eigenvalue weighted by atomic mass is 19.1.